The molecule has 0 aliphatic carbocycles. The van der Waals surface area contributed by atoms with E-state index >= 15 is 0 Å². The van der Waals surface area contributed by atoms with Gasteiger partial charge in [0.25, 0.3) is 0 Å². The highest BCUT2D eigenvalue weighted by Gasteiger charge is 2.14. The van der Waals surface area contributed by atoms with E-state index in [-0.39, 0.29) is 5.54 Å². The fraction of sp³-hybridized carbons (Fsp3) is 0.706. The van der Waals surface area contributed by atoms with Crippen LogP contribution in [0.1, 0.15) is 48.5 Å². The zero-order valence-corrected chi connectivity index (χ0v) is 14.2. The zero-order chi connectivity index (χ0) is 15.3. The fourth-order valence-electron chi connectivity index (χ4n) is 2.20. The number of pyridine rings is 1. The van der Waals surface area contributed by atoms with Crippen LogP contribution in [0.3, 0.4) is 0 Å². The Morgan fingerprint density at radius 2 is 1.60 bits per heavy atom. The summed E-state index contributed by atoms with van der Waals surface area (Å²) >= 11 is 0. The van der Waals surface area contributed by atoms with Gasteiger partial charge in [-0.25, -0.2) is 4.98 Å². The van der Waals surface area contributed by atoms with Crippen LogP contribution in [0.4, 0.5) is 11.6 Å². The van der Waals surface area contributed by atoms with Gasteiger partial charge in [0.15, 0.2) is 0 Å². The van der Waals surface area contributed by atoms with E-state index in [2.05, 4.69) is 70.8 Å². The molecule has 0 radical (unpaired) electrons. The number of aromatic nitrogens is 1. The van der Waals surface area contributed by atoms with E-state index in [1.807, 2.05) is 6.07 Å². The molecule has 1 aromatic rings. The molecule has 1 N–H and O–H groups in total. The largest absolute Gasteiger partial charge is 0.365 e. The lowest BCUT2D eigenvalue weighted by molar-refractivity contribution is 0.548. The molecule has 0 bridgehead atoms. The lowest BCUT2D eigenvalue weighted by Gasteiger charge is -2.28. The van der Waals surface area contributed by atoms with Crippen molar-refractivity contribution < 1.29 is 0 Å². The molecule has 3 nitrogen and oxygen atoms in total. The minimum absolute atomic E-state index is 0.0343. The van der Waals surface area contributed by atoms with Crippen molar-refractivity contribution in [3.63, 3.8) is 0 Å². The van der Waals surface area contributed by atoms with E-state index in [1.54, 1.807) is 0 Å². The van der Waals surface area contributed by atoms with Gasteiger partial charge in [-0.3, -0.25) is 0 Å². The van der Waals surface area contributed by atoms with Gasteiger partial charge in [0.1, 0.15) is 11.6 Å². The third-order valence-corrected chi connectivity index (χ3v) is 2.73. The standard InChI is InChI=1S/C17H31N3/c1-13(2)11-20(12-14(3)4)16-10-8-9-15(18-16)19-17(5,6)7/h8-10,13-14H,11-12H2,1-7H3,(H,18,19). The van der Waals surface area contributed by atoms with Crippen molar-refractivity contribution in [2.75, 3.05) is 23.3 Å². The Morgan fingerprint density at radius 1 is 1.05 bits per heavy atom. The monoisotopic (exact) mass is 277 g/mol. The Bertz CT molecular complexity index is 395. The van der Waals surface area contributed by atoms with Crippen LogP contribution in [0.5, 0.6) is 0 Å². The predicted molar refractivity (Wildman–Crippen MR) is 89.5 cm³/mol. The van der Waals surface area contributed by atoms with Crippen molar-refractivity contribution in [3.05, 3.63) is 18.2 Å². The molecule has 0 aliphatic rings. The maximum atomic E-state index is 4.78. The summed E-state index contributed by atoms with van der Waals surface area (Å²) in [5, 5.41) is 3.45. The van der Waals surface area contributed by atoms with Gasteiger partial charge in [-0.2, -0.15) is 0 Å². The second kappa shape index (κ2) is 6.96. The Labute approximate surface area is 124 Å². The molecule has 0 spiro atoms. The van der Waals surface area contributed by atoms with Gasteiger partial charge < -0.3 is 10.2 Å². The number of hydrogen-bond donors (Lipinski definition) is 1. The van der Waals surface area contributed by atoms with Crippen LogP contribution >= 0.6 is 0 Å². The summed E-state index contributed by atoms with van der Waals surface area (Å²) < 4.78 is 0. The first-order valence-electron chi connectivity index (χ1n) is 7.67. The second-order valence-electron chi connectivity index (χ2n) is 7.45. The smallest absolute Gasteiger partial charge is 0.130 e. The molecule has 0 aromatic carbocycles. The molecular weight excluding hydrogens is 246 g/mol. The van der Waals surface area contributed by atoms with Gasteiger partial charge in [-0.1, -0.05) is 33.8 Å². The van der Waals surface area contributed by atoms with E-state index < -0.39 is 0 Å². The molecule has 0 saturated carbocycles. The molecule has 114 valence electrons. The van der Waals surface area contributed by atoms with E-state index in [0.29, 0.717) is 11.8 Å². The molecule has 0 saturated heterocycles. The average Bonchev–Trinajstić information content (AvgIpc) is 2.24. The van der Waals surface area contributed by atoms with Crippen LogP contribution in [0, 0.1) is 11.8 Å². The second-order valence-corrected chi connectivity index (χ2v) is 7.45. The minimum Gasteiger partial charge on any atom is -0.365 e. The van der Waals surface area contributed by atoms with Crippen molar-refractivity contribution in [1.82, 2.24) is 4.98 Å². The molecule has 0 unspecified atom stereocenters. The van der Waals surface area contributed by atoms with E-state index in [0.717, 1.165) is 24.7 Å². The number of hydrogen-bond acceptors (Lipinski definition) is 3. The third kappa shape index (κ3) is 6.27. The van der Waals surface area contributed by atoms with Crippen LogP contribution in [0.25, 0.3) is 0 Å². The van der Waals surface area contributed by atoms with Crippen LogP contribution in [0.2, 0.25) is 0 Å². The zero-order valence-electron chi connectivity index (χ0n) is 14.2. The summed E-state index contributed by atoms with van der Waals surface area (Å²) in [4.78, 5) is 7.17. The maximum absolute atomic E-state index is 4.78. The summed E-state index contributed by atoms with van der Waals surface area (Å²) in [6.45, 7) is 17.6. The minimum atomic E-state index is 0.0343. The summed E-state index contributed by atoms with van der Waals surface area (Å²) in [5.41, 5.74) is 0.0343. The van der Waals surface area contributed by atoms with E-state index in [1.165, 1.54) is 0 Å². The summed E-state index contributed by atoms with van der Waals surface area (Å²) in [6, 6.07) is 6.24. The fourth-order valence-corrected chi connectivity index (χ4v) is 2.20. The Hall–Kier alpha value is -1.25. The predicted octanol–water partition coefficient (Wildman–Crippen LogP) is 4.41. The van der Waals surface area contributed by atoms with Crippen LogP contribution in [-0.4, -0.2) is 23.6 Å². The Morgan fingerprint density at radius 3 is 2.05 bits per heavy atom. The first-order valence-corrected chi connectivity index (χ1v) is 7.67. The van der Waals surface area contributed by atoms with Crippen LogP contribution in [0.15, 0.2) is 18.2 Å². The van der Waals surface area contributed by atoms with Gasteiger partial charge >= 0.3 is 0 Å². The lowest BCUT2D eigenvalue weighted by atomic mass is 10.1. The van der Waals surface area contributed by atoms with E-state index in [4.69, 9.17) is 4.98 Å². The lowest BCUT2D eigenvalue weighted by Crippen LogP contribution is -2.32. The van der Waals surface area contributed by atoms with Gasteiger partial charge in [0.05, 0.1) is 0 Å². The summed E-state index contributed by atoms with van der Waals surface area (Å²) in [5.74, 6) is 3.29. The Kier molecular flexibility index (Phi) is 5.85. The molecule has 0 amide bonds. The van der Waals surface area contributed by atoms with E-state index in [9.17, 15) is 0 Å². The molecule has 1 aromatic heterocycles. The molecule has 0 aliphatic heterocycles. The number of nitrogens with zero attached hydrogens (tertiary/aromatic N) is 2. The Balaban J connectivity index is 2.92. The number of rotatable bonds is 6. The van der Waals surface area contributed by atoms with Crippen molar-refractivity contribution >= 4 is 11.6 Å². The third-order valence-electron chi connectivity index (χ3n) is 2.73. The van der Waals surface area contributed by atoms with Crippen LogP contribution < -0.4 is 10.2 Å². The van der Waals surface area contributed by atoms with Crippen molar-refractivity contribution in [3.8, 4) is 0 Å². The maximum Gasteiger partial charge on any atom is 0.130 e. The highest BCUT2D eigenvalue weighted by Crippen LogP contribution is 2.19. The van der Waals surface area contributed by atoms with Gasteiger partial charge in [0, 0.05) is 18.6 Å². The van der Waals surface area contributed by atoms with Crippen molar-refractivity contribution in [1.29, 1.82) is 0 Å². The summed E-state index contributed by atoms with van der Waals surface area (Å²) in [7, 11) is 0. The van der Waals surface area contributed by atoms with Crippen LogP contribution in [-0.2, 0) is 0 Å². The van der Waals surface area contributed by atoms with Gasteiger partial charge in [-0.05, 0) is 44.7 Å². The molecule has 20 heavy (non-hydrogen) atoms. The average molecular weight is 277 g/mol. The SMILES string of the molecule is CC(C)CN(CC(C)C)c1cccc(NC(C)(C)C)n1. The summed E-state index contributed by atoms with van der Waals surface area (Å²) in [6.07, 6.45) is 0. The molecule has 0 fully saturated rings. The highest BCUT2D eigenvalue weighted by atomic mass is 15.2. The highest BCUT2D eigenvalue weighted by molar-refractivity contribution is 5.48. The van der Waals surface area contributed by atoms with Gasteiger partial charge in [-0.15, -0.1) is 0 Å². The van der Waals surface area contributed by atoms with Gasteiger partial charge in [0.2, 0.25) is 0 Å². The molecular formula is C17H31N3. The quantitative estimate of drug-likeness (QED) is 0.834. The number of nitrogens with one attached hydrogen (secondary N) is 1. The topological polar surface area (TPSA) is 28.2 Å². The number of anilines is 2. The molecule has 3 heteroatoms. The molecule has 1 rings (SSSR count). The first kappa shape index (κ1) is 16.8. The molecule has 1 heterocycles. The normalized spacial score (nSPS) is 12.1. The first-order chi connectivity index (χ1) is 9.17. The molecule has 0 atom stereocenters. The van der Waals surface area contributed by atoms with Crippen molar-refractivity contribution in [2.45, 2.75) is 54.0 Å². The van der Waals surface area contributed by atoms with Crippen molar-refractivity contribution in [2.24, 2.45) is 11.8 Å².